The van der Waals surface area contributed by atoms with Crippen molar-refractivity contribution in [2.45, 2.75) is 19.4 Å². The number of rotatable bonds is 5. The molecule has 4 rings (SSSR count). The summed E-state index contributed by atoms with van der Waals surface area (Å²) in [5, 5.41) is 19.0. The van der Waals surface area contributed by atoms with Crippen molar-refractivity contribution in [2.75, 3.05) is 10.3 Å². The Morgan fingerprint density at radius 2 is 1.90 bits per heavy atom. The molecule has 0 saturated heterocycles. The van der Waals surface area contributed by atoms with E-state index >= 15 is 0 Å². The monoisotopic (exact) mass is 426 g/mol. The zero-order chi connectivity index (χ0) is 22.1. The third kappa shape index (κ3) is 3.95. The van der Waals surface area contributed by atoms with Crippen LogP contribution in [0.1, 0.15) is 12.2 Å². The number of aryl methyl sites for hydroxylation is 1. The number of aromatic nitrogens is 4. The van der Waals surface area contributed by atoms with Gasteiger partial charge in [0.05, 0.1) is 5.69 Å². The van der Waals surface area contributed by atoms with Gasteiger partial charge in [0.25, 0.3) is 5.91 Å². The van der Waals surface area contributed by atoms with E-state index in [-0.39, 0.29) is 23.5 Å². The largest absolute Gasteiger partial charge is 0.368 e. The molecular formula is C19H16F2N8O2. The number of halogens is 2. The molecule has 0 radical (unpaired) electrons. The maximum atomic E-state index is 14.2. The van der Waals surface area contributed by atoms with Crippen molar-refractivity contribution in [3.8, 4) is 5.69 Å². The van der Waals surface area contributed by atoms with E-state index in [4.69, 9.17) is 5.73 Å². The van der Waals surface area contributed by atoms with Gasteiger partial charge in [0.1, 0.15) is 29.1 Å². The van der Waals surface area contributed by atoms with Crippen LogP contribution in [0.4, 0.5) is 20.2 Å². The highest BCUT2D eigenvalue weighted by Gasteiger charge is 2.35. The Bertz CT molecular complexity index is 1190. The predicted molar refractivity (Wildman–Crippen MR) is 106 cm³/mol. The van der Waals surface area contributed by atoms with E-state index in [1.807, 2.05) is 0 Å². The number of carbonyl (C=O) groups is 2. The van der Waals surface area contributed by atoms with Gasteiger partial charge in [0.15, 0.2) is 5.82 Å². The average molecular weight is 426 g/mol. The lowest BCUT2D eigenvalue weighted by Crippen LogP contribution is -2.39. The molecule has 10 nitrogen and oxygen atoms in total. The molecule has 0 aliphatic carbocycles. The van der Waals surface area contributed by atoms with Gasteiger partial charge in [-0.05, 0) is 59.8 Å². The minimum Gasteiger partial charge on any atom is -0.368 e. The molecule has 2 amide bonds. The van der Waals surface area contributed by atoms with Crippen LogP contribution in [-0.4, -0.2) is 43.8 Å². The first kappa shape index (κ1) is 20.1. The Kier molecular flexibility index (Phi) is 5.11. The van der Waals surface area contributed by atoms with Crippen LogP contribution < -0.4 is 16.1 Å². The highest BCUT2D eigenvalue weighted by atomic mass is 19.1. The lowest BCUT2D eigenvalue weighted by atomic mass is 10.1. The number of amides is 2. The van der Waals surface area contributed by atoms with E-state index in [2.05, 4.69) is 25.9 Å². The van der Waals surface area contributed by atoms with Gasteiger partial charge < -0.3 is 11.1 Å². The van der Waals surface area contributed by atoms with Gasteiger partial charge >= 0.3 is 0 Å². The van der Waals surface area contributed by atoms with E-state index in [0.29, 0.717) is 11.5 Å². The van der Waals surface area contributed by atoms with Crippen LogP contribution in [-0.2, 0) is 9.59 Å². The van der Waals surface area contributed by atoms with Crippen LogP contribution in [0.3, 0.4) is 0 Å². The smallest absolute Gasteiger partial charge is 0.271 e. The lowest BCUT2D eigenvalue weighted by Gasteiger charge is -2.20. The van der Waals surface area contributed by atoms with E-state index < -0.39 is 29.5 Å². The van der Waals surface area contributed by atoms with Crippen molar-refractivity contribution in [1.82, 2.24) is 20.2 Å². The van der Waals surface area contributed by atoms with Crippen LogP contribution >= 0.6 is 0 Å². The van der Waals surface area contributed by atoms with E-state index in [9.17, 15) is 18.4 Å². The van der Waals surface area contributed by atoms with Crippen LogP contribution in [0.15, 0.2) is 47.6 Å². The Hall–Kier alpha value is -4.22. The maximum Gasteiger partial charge on any atom is 0.271 e. The van der Waals surface area contributed by atoms with Gasteiger partial charge in [0, 0.05) is 12.1 Å². The minimum absolute atomic E-state index is 0.0394. The Morgan fingerprint density at radius 3 is 2.55 bits per heavy atom. The molecular weight excluding hydrogens is 410 g/mol. The zero-order valence-electron chi connectivity index (χ0n) is 16.2. The summed E-state index contributed by atoms with van der Waals surface area (Å²) in [6, 6.07) is 8.28. The molecule has 1 atom stereocenters. The van der Waals surface area contributed by atoms with Gasteiger partial charge in [-0.25, -0.2) is 8.78 Å². The number of nitrogens with one attached hydrogen (secondary N) is 1. The van der Waals surface area contributed by atoms with E-state index in [1.54, 1.807) is 6.92 Å². The van der Waals surface area contributed by atoms with Crippen molar-refractivity contribution < 1.29 is 18.4 Å². The molecule has 3 aromatic rings. The van der Waals surface area contributed by atoms with Gasteiger partial charge in [-0.1, -0.05) is 0 Å². The van der Waals surface area contributed by atoms with Crippen LogP contribution in [0.2, 0.25) is 0 Å². The SMILES string of the molecule is Cc1nnnn1-c1cc(NC(=O)C2=NN(c3ccc(F)cc3)C(C(N)=O)C2)ccc1F. The summed E-state index contributed by atoms with van der Waals surface area (Å²) < 4.78 is 28.6. The van der Waals surface area contributed by atoms with Crippen molar-refractivity contribution in [3.05, 3.63) is 59.9 Å². The summed E-state index contributed by atoms with van der Waals surface area (Å²) in [6.07, 6.45) is -0.0430. The summed E-state index contributed by atoms with van der Waals surface area (Å²) in [6.45, 7) is 1.60. The number of carbonyl (C=O) groups excluding carboxylic acids is 2. The van der Waals surface area contributed by atoms with Crippen molar-refractivity contribution >= 4 is 28.9 Å². The van der Waals surface area contributed by atoms with Crippen molar-refractivity contribution in [1.29, 1.82) is 0 Å². The second-order valence-corrected chi connectivity index (χ2v) is 6.75. The first-order valence-corrected chi connectivity index (χ1v) is 9.11. The van der Waals surface area contributed by atoms with Gasteiger partial charge in [0.2, 0.25) is 5.91 Å². The summed E-state index contributed by atoms with van der Waals surface area (Å²) in [5.74, 6) is -1.95. The second kappa shape index (κ2) is 7.89. The molecule has 2 heterocycles. The maximum absolute atomic E-state index is 14.2. The van der Waals surface area contributed by atoms with Crippen LogP contribution in [0.5, 0.6) is 0 Å². The van der Waals surface area contributed by atoms with E-state index in [1.165, 1.54) is 52.2 Å². The molecule has 0 fully saturated rings. The molecule has 3 N–H and O–H groups in total. The predicted octanol–water partition coefficient (Wildman–Crippen LogP) is 1.31. The van der Waals surface area contributed by atoms with E-state index in [0.717, 1.165) is 0 Å². The number of nitrogens with two attached hydrogens (primary N) is 1. The number of tetrazole rings is 1. The normalized spacial score (nSPS) is 15.6. The fourth-order valence-corrected chi connectivity index (χ4v) is 3.11. The molecule has 1 aliphatic heterocycles. The molecule has 0 bridgehead atoms. The molecule has 1 aliphatic rings. The number of hydrogen-bond donors (Lipinski definition) is 2. The van der Waals surface area contributed by atoms with Crippen LogP contribution in [0, 0.1) is 18.6 Å². The third-order valence-electron chi connectivity index (χ3n) is 4.65. The van der Waals surface area contributed by atoms with Crippen molar-refractivity contribution in [3.63, 3.8) is 0 Å². The summed E-state index contributed by atoms with van der Waals surface area (Å²) in [4.78, 5) is 24.6. The molecule has 12 heteroatoms. The highest BCUT2D eigenvalue weighted by Crippen LogP contribution is 2.26. The standard InChI is InChI=1S/C19H16F2N8O2/c1-10-24-26-27-28(10)16-8-12(4-7-14(16)21)23-19(31)15-9-17(18(22)30)29(25-15)13-5-2-11(20)3-6-13/h2-8,17H,9H2,1H3,(H2,22,30)(H,23,31). The number of nitrogens with zero attached hydrogens (tertiary/aromatic N) is 6. The fraction of sp³-hybridized carbons (Fsp3) is 0.158. The quantitative estimate of drug-likeness (QED) is 0.632. The second-order valence-electron chi connectivity index (χ2n) is 6.75. The topological polar surface area (TPSA) is 131 Å². The summed E-state index contributed by atoms with van der Waals surface area (Å²) in [5.41, 5.74) is 6.23. The van der Waals surface area contributed by atoms with Crippen LogP contribution in [0.25, 0.3) is 5.69 Å². The van der Waals surface area contributed by atoms with Gasteiger partial charge in [-0.3, -0.25) is 14.6 Å². The minimum atomic E-state index is -0.904. The molecule has 0 spiro atoms. The number of hydrogen-bond acceptors (Lipinski definition) is 7. The van der Waals surface area contributed by atoms with Gasteiger partial charge in [-0.15, -0.1) is 5.10 Å². The molecule has 1 aromatic heterocycles. The molecule has 31 heavy (non-hydrogen) atoms. The fourth-order valence-electron chi connectivity index (χ4n) is 3.11. The summed E-state index contributed by atoms with van der Waals surface area (Å²) >= 11 is 0. The molecule has 0 saturated carbocycles. The Morgan fingerprint density at radius 1 is 1.16 bits per heavy atom. The molecule has 1 unspecified atom stereocenters. The first-order valence-electron chi connectivity index (χ1n) is 9.11. The third-order valence-corrected chi connectivity index (χ3v) is 4.65. The highest BCUT2D eigenvalue weighted by molar-refractivity contribution is 6.44. The molecule has 2 aromatic carbocycles. The van der Waals surface area contributed by atoms with Crippen molar-refractivity contribution in [2.24, 2.45) is 10.8 Å². The number of anilines is 2. The lowest BCUT2D eigenvalue weighted by molar-refractivity contribution is -0.119. The Balaban J connectivity index is 1.58. The zero-order valence-corrected chi connectivity index (χ0v) is 16.2. The number of hydrazone groups is 1. The average Bonchev–Trinajstić information content (AvgIpc) is 3.37. The Labute approximate surface area is 174 Å². The number of benzene rings is 2. The number of primary amides is 1. The first-order chi connectivity index (χ1) is 14.8. The summed E-state index contributed by atoms with van der Waals surface area (Å²) in [7, 11) is 0. The molecule has 158 valence electrons. The van der Waals surface area contributed by atoms with Gasteiger partial charge in [-0.2, -0.15) is 9.78 Å².